The van der Waals surface area contributed by atoms with Gasteiger partial charge in [-0.1, -0.05) is 94.8 Å². The molecule has 38 heavy (non-hydrogen) atoms. The van der Waals surface area contributed by atoms with Crippen molar-refractivity contribution in [2.75, 3.05) is 19.8 Å². The van der Waals surface area contributed by atoms with Crippen molar-refractivity contribution in [1.82, 2.24) is 15.1 Å². The zero-order valence-electron chi connectivity index (χ0n) is 23.0. The lowest BCUT2D eigenvalue weighted by molar-refractivity contribution is -0.154. The van der Waals surface area contributed by atoms with Gasteiger partial charge in [0.2, 0.25) is 5.91 Å². The van der Waals surface area contributed by atoms with E-state index in [0.717, 1.165) is 17.5 Å². The van der Waals surface area contributed by atoms with Crippen LogP contribution in [0.1, 0.15) is 51.7 Å². The molecular weight excluding hydrogens is 482 g/mol. The van der Waals surface area contributed by atoms with Gasteiger partial charge in [-0.25, -0.2) is 4.79 Å². The first-order valence-electron chi connectivity index (χ1n) is 13.5. The van der Waals surface area contributed by atoms with E-state index in [4.69, 9.17) is 9.47 Å². The SMILES string of the molecule is CC[C@H](C)[C@@H](C(=O)OCc1ccccc1)N1CCN(C(=O)[C@H](CC(C)C)NC(=O)OCc2ccccc2)C1. The molecule has 1 saturated heterocycles. The second-order valence-electron chi connectivity index (χ2n) is 10.4. The number of amides is 2. The number of esters is 1. The van der Waals surface area contributed by atoms with Crippen LogP contribution >= 0.6 is 0 Å². The fourth-order valence-corrected chi connectivity index (χ4v) is 4.62. The first-order valence-corrected chi connectivity index (χ1v) is 13.5. The summed E-state index contributed by atoms with van der Waals surface area (Å²) in [6, 6.07) is 17.9. The number of nitrogens with zero attached hydrogens (tertiary/aromatic N) is 2. The van der Waals surface area contributed by atoms with E-state index in [2.05, 4.69) is 5.32 Å². The molecule has 1 aliphatic heterocycles. The molecular formula is C30H41N3O5. The Morgan fingerprint density at radius 2 is 1.45 bits per heavy atom. The van der Waals surface area contributed by atoms with Crippen molar-refractivity contribution in [2.45, 2.75) is 65.8 Å². The normalized spacial score (nSPS) is 16.1. The fourth-order valence-electron chi connectivity index (χ4n) is 4.62. The van der Waals surface area contributed by atoms with Gasteiger partial charge in [0, 0.05) is 13.1 Å². The molecule has 0 aromatic heterocycles. The molecule has 206 valence electrons. The highest BCUT2D eigenvalue weighted by atomic mass is 16.5. The lowest BCUT2D eigenvalue weighted by atomic mass is 9.98. The lowest BCUT2D eigenvalue weighted by Crippen LogP contribution is -2.50. The first kappa shape index (κ1) is 29.2. The third-order valence-corrected chi connectivity index (χ3v) is 6.87. The van der Waals surface area contributed by atoms with Crippen LogP contribution in [0, 0.1) is 11.8 Å². The number of ether oxygens (including phenoxy) is 2. The Balaban J connectivity index is 1.61. The molecule has 8 nitrogen and oxygen atoms in total. The summed E-state index contributed by atoms with van der Waals surface area (Å²) in [5.41, 5.74) is 1.81. The number of nitrogens with one attached hydrogen (secondary N) is 1. The van der Waals surface area contributed by atoms with Crippen molar-refractivity contribution in [3.8, 4) is 0 Å². The van der Waals surface area contributed by atoms with Crippen molar-refractivity contribution in [3.05, 3.63) is 71.8 Å². The van der Waals surface area contributed by atoms with Gasteiger partial charge in [0.1, 0.15) is 25.3 Å². The monoisotopic (exact) mass is 523 g/mol. The van der Waals surface area contributed by atoms with E-state index in [-0.39, 0.29) is 36.9 Å². The van der Waals surface area contributed by atoms with E-state index in [0.29, 0.717) is 26.2 Å². The molecule has 1 fully saturated rings. The summed E-state index contributed by atoms with van der Waals surface area (Å²) in [5, 5.41) is 2.77. The second kappa shape index (κ2) is 14.5. The molecule has 1 heterocycles. The molecule has 0 spiro atoms. The highest BCUT2D eigenvalue weighted by Gasteiger charge is 2.39. The third kappa shape index (κ3) is 8.58. The van der Waals surface area contributed by atoms with Crippen LogP contribution in [0.25, 0.3) is 0 Å². The summed E-state index contributed by atoms with van der Waals surface area (Å²) in [7, 11) is 0. The van der Waals surface area contributed by atoms with Gasteiger partial charge in [-0.2, -0.15) is 0 Å². The van der Waals surface area contributed by atoms with Crippen LogP contribution in [0.5, 0.6) is 0 Å². The van der Waals surface area contributed by atoms with Crippen LogP contribution < -0.4 is 5.32 Å². The smallest absolute Gasteiger partial charge is 0.408 e. The molecule has 0 bridgehead atoms. The molecule has 0 unspecified atom stereocenters. The van der Waals surface area contributed by atoms with E-state index in [1.54, 1.807) is 4.90 Å². The maximum atomic E-state index is 13.5. The van der Waals surface area contributed by atoms with Crippen molar-refractivity contribution in [3.63, 3.8) is 0 Å². The number of alkyl carbamates (subject to hydrolysis) is 1. The number of rotatable bonds is 12. The second-order valence-corrected chi connectivity index (χ2v) is 10.4. The molecule has 8 heteroatoms. The molecule has 2 aromatic carbocycles. The fraction of sp³-hybridized carbons (Fsp3) is 0.500. The van der Waals surface area contributed by atoms with Crippen molar-refractivity contribution in [2.24, 2.45) is 11.8 Å². The number of hydrogen-bond donors (Lipinski definition) is 1. The van der Waals surface area contributed by atoms with E-state index >= 15 is 0 Å². The van der Waals surface area contributed by atoms with Gasteiger partial charge in [0.15, 0.2) is 0 Å². The molecule has 0 radical (unpaired) electrons. The van der Waals surface area contributed by atoms with Gasteiger partial charge in [-0.05, 0) is 29.4 Å². The molecule has 2 aromatic rings. The molecule has 3 atom stereocenters. The molecule has 0 saturated carbocycles. The molecule has 1 N–H and O–H groups in total. The number of hydrogen-bond acceptors (Lipinski definition) is 6. The largest absolute Gasteiger partial charge is 0.460 e. The van der Waals surface area contributed by atoms with Crippen molar-refractivity contribution in [1.29, 1.82) is 0 Å². The van der Waals surface area contributed by atoms with Gasteiger partial charge < -0.3 is 19.7 Å². The van der Waals surface area contributed by atoms with Gasteiger partial charge in [-0.3, -0.25) is 14.5 Å². The van der Waals surface area contributed by atoms with Gasteiger partial charge in [-0.15, -0.1) is 0 Å². The Labute approximate surface area is 226 Å². The van der Waals surface area contributed by atoms with Crippen LogP contribution in [0.2, 0.25) is 0 Å². The zero-order valence-corrected chi connectivity index (χ0v) is 23.0. The summed E-state index contributed by atoms with van der Waals surface area (Å²) >= 11 is 0. The minimum Gasteiger partial charge on any atom is -0.460 e. The number of benzene rings is 2. The topological polar surface area (TPSA) is 88.2 Å². The van der Waals surface area contributed by atoms with Crippen LogP contribution in [-0.2, 0) is 32.3 Å². The van der Waals surface area contributed by atoms with E-state index in [1.807, 2.05) is 93.3 Å². The third-order valence-electron chi connectivity index (χ3n) is 6.87. The molecule has 1 aliphatic rings. The zero-order chi connectivity index (χ0) is 27.5. The summed E-state index contributed by atoms with van der Waals surface area (Å²) in [5.74, 6) is -0.193. The highest BCUT2D eigenvalue weighted by Crippen LogP contribution is 2.22. The Morgan fingerprint density at radius 3 is 2.00 bits per heavy atom. The Morgan fingerprint density at radius 1 is 0.868 bits per heavy atom. The summed E-state index contributed by atoms with van der Waals surface area (Å²) < 4.78 is 11.0. The average molecular weight is 524 g/mol. The predicted octanol–water partition coefficient (Wildman–Crippen LogP) is 4.59. The molecule has 3 rings (SSSR count). The summed E-state index contributed by atoms with van der Waals surface area (Å²) in [6.07, 6.45) is 0.676. The maximum absolute atomic E-state index is 13.5. The Hall–Kier alpha value is -3.39. The minimum atomic E-state index is -0.703. The van der Waals surface area contributed by atoms with Crippen LogP contribution in [-0.4, -0.2) is 59.6 Å². The number of carbonyl (C=O) groups excluding carboxylic acids is 3. The maximum Gasteiger partial charge on any atom is 0.408 e. The van der Waals surface area contributed by atoms with Gasteiger partial charge >= 0.3 is 12.1 Å². The van der Waals surface area contributed by atoms with Crippen molar-refractivity contribution < 1.29 is 23.9 Å². The molecule has 0 aliphatic carbocycles. The van der Waals surface area contributed by atoms with E-state index in [1.165, 1.54) is 0 Å². The minimum absolute atomic E-state index is 0.0610. The summed E-state index contributed by atoms with van der Waals surface area (Å²) in [6.45, 7) is 9.80. The van der Waals surface area contributed by atoms with Crippen LogP contribution in [0.3, 0.4) is 0 Å². The Bertz CT molecular complexity index is 1030. The predicted molar refractivity (Wildman–Crippen MR) is 146 cm³/mol. The lowest BCUT2D eigenvalue weighted by Gasteiger charge is -2.31. The standard InChI is InChI=1S/C30H41N3O5/c1-5-23(4)27(29(35)37-19-24-12-8-6-9-13-24)32-16-17-33(21-32)28(34)26(18-22(2)3)31-30(36)38-20-25-14-10-7-11-15-25/h6-15,22-23,26-27H,5,16-21H2,1-4H3,(H,31,36)/t23-,26-,27-/m0/s1. The summed E-state index contributed by atoms with van der Waals surface area (Å²) in [4.78, 5) is 42.9. The highest BCUT2D eigenvalue weighted by molar-refractivity contribution is 5.86. The van der Waals surface area contributed by atoms with E-state index in [9.17, 15) is 14.4 Å². The quantitative estimate of drug-likeness (QED) is 0.410. The van der Waals surface area contributed by atoms with Crippen molar-refractivity contribution >= 4 is 18.0 Å². The first-order chi connectivity index (χ1) is 18.3. The molecule has 2 amide bonds. The Kier molecular flexibility index (Phi) is 11.1. The number of carbonyl (C=O) groups is 3. The van der Waals surface area contributed by atoms with E-state index < -0.39 is 18.2 Å². The van der Waals surface area contributed by atoms with Crippen LogP contribution in [0.4, 0.5) is 4.79 Å². The van der Waals surface area contributed by atoms with Crippen LogP contribution in [0.15, 0.2) is 60.7 Å². The van der Waals surface area contributed by atoms with Gasteiger partial charge in [0.05, 0.1) is 6.67 Å². The van der Waals surface area contributed by atoms with Gasteiger partial charge in [0.25, 0.3) is 0 Å². The average Bonchev–Trinajstić information content (AvgIpc) is 3.40.